The number of nitrogens with one attached hydrogen (secondary N) is 1. The monoisotopic (exact) mass is 264 g/mol. The highest BCUT2D eigenvalue weighted by molar-refractivity contribution is 7.88. The number of halogens is 3. The van der Waals surface area contributed by atoms with Gasteiger partial charge in [-0.2, -0.15) is 30.7 Å². The van der Waals surface area contributed by atoms with E-state index in [9.17, 15) is 21.6 Å². The second-order valence-electron chi connectivity index (χ2n) is 3.41. The molecule has 0 saturated heterocycles. The Morgan fingerprint density at radius 3 is 2.18 bits per heavy atom. The molecule has 0 spiro atoms. The predicted octanol–water partition coefficient (Wildman–Crippen LogP) is 1.34. The van der Waals surface area contributed by atoms with Gasteiger partial charge < -0.3 is 0 Å². The number of hydrogen-bond donors (Lipinski definition) is 1. The Bertz CT molecular complexity index is 561. The maximum absolute atomic E-state index is 12.3. The summed E-state index contributed by atoms with van der Waals surface area (Å²) in [4.78, 5) is 0. The van der Waals surface area contributed by atoms with Crippen LogP contribution in [0, 0.1) is 0 Å². The van der Waals surface area contributed by atoms with Crippen molar-refractivity contribution in [1.82, 2.24) is 4.72 Å². The summed E-state index contributed by atoms with van der Waals surface area (Å²) in [6.45, 7) is -0.00625. The van der Waals surface area contributed by atoms with E-state index in [1.807, 2.05) is 0 Å². The molecule has 1 aromatic carbocycles. The van der Waals surface area contributed by atoms with E-state index in [1.165, 1.54) is 12.1 Å². The van der Waals surface area contributed by atoms with Crippen molar-refractivity contribution in [1.29, 1.82) is 0 Å². The van der Waals surface area contributed by atoms with Gasteiger partial charge in [-0.05, 0) is 17.7 Å². The van der Waals surface area contributed by atoms with Crippen molar-refractivity contribution < 1.29 is 21.6 Å². The lowest BCUT2D eigenvalue weighted by atomic mass is 10.1. The van der Waals surface area contributed by atoms with Gasteiger partial charge in [0.25, 0.3) is 0 Å². The van der Waals surface area contributed by atoms with Gasteiger partial charge in [-0.25, -0.2) is 0 Å². The first-order valence-corrected chi connectivity index (χ1v) is 5.98. The molecule has 1 aromatic rings. The second-order valence-corrected chi connectivity index (χ2v) is 4.83. The molecule has 8 heteroatoms. The van der Waals surface area contributed by atoms with Crippen LogP contribution in [0.25, 0.3) is 0 Å². The van der Waals surface area contributed by atoms with Crippen molar-refractivity contribution in [3.8, 4) is 0 Å². The molecule has 0 unspecified atom stereocenters. The van der Waals surface area contributed by atoms with Gasteiger partial charge in [0.2, 0.25) is 0 Å². The van der Waals surface area contributed by atoms with Crippen LogP contribution in [0.5, 0.6) is 0 Å². The molecule has 0 aliphatic carbocycles. The molecular weight excluding hydrogens is 257 g/mol. The summed E-state index contributed by atoms with van der Waals surface area (Å²) in [5, 5.41) is 0. The van der Waals surface area contributed by atoms with Crippen molar-refractivity contribution >= 4 is 15.9 Å². The van der Waals surface area contributed by atoms with Gasteiger partial charge in [0, 0.05) is 0 Å². The Labute approximate surface area is 95.4 Å². The molecule has 92 valence electrons. The zero-order chi connectivity index (χ0) is 12.7. The van der Waals surface area contributed by atoms with E-state index >= 15 is 0 Å². The topological polar surface area (TPSA) is 58.5 Å². The Balaban J connectivity index is 2.32. The average Bonchev–Trinajstić information content (AvgIpc) is 2.58. The standard InChI is InChI=1S/C9H7F3N2O2S/c10-9(11,12)7-3-1-6(2-4-7)8-5-13-17(15,16)14-8/h1-4,13H,5H2. The van der Waals surface area contributed by atoms with Gasteiger partial charge in [-0.15, -0.1) is 0 Å². The Morgan fingerprint density at radius 2 is 1.76 bits per heavy atom. The minimum Gasteiger partial charge on any atom is -0.190 e. The largest absolute Gasteiger partial charge is 0.416 e. The van der Waals surface area contributed by atoms with E-state index in [2.05, 4.69) is 9.12 Å². The maximum atomic E-state index is 12.3. The third-order valence-electron chi connectivity index (χ3n) is 2.20. The summed E-state index contributed by atoms with van der Waals surface area (Å²) in [5.41, 5.74) is -0.221. The summed E-state index contributed by atoms with van der Waals surface area (Å²) in [6.07, 6.45) is -4.40. The molecule has 0 fully saturated rings. The van der Waals surface area contributed by atoms with E-state index < -0.39 is 21.9 Å². The molecule has 0 bridgehead atoms. The van der Waals surface area contributed by atoms with Gasteiger partial charge in [0.1, 0.15) is 0 Å². The zero-order valence-corrected chi connectivity index (χ0v) is 9.14. The summed E-state index contributed by atoms with van der Waals surface area (Å²) in [7, 11) is -3.67. The van der Waals surface area contributed by atoms with Crippen LogP contribution in [0.2, 0.25) is 0 Å². The second kappa shape index (κ2) is 3.81. The lowest BCUT2D eigenvalue weighted by Crippen LogP contribution is -2.18. The van der Waals surface area contributed by atoms with Gasteiger partial charge in [0.15, 0.2) is 0 Å². The average molecular weight is 264 g/mol. The number of hydrogen-bond acceptors (Lipinski definition) is 2. The SMILES string of the molecule is O=S1(=O)N=C(c2ccc(C(F)(F)F)cc2)CN1. The number of benzene rings is 1. The Hall–Kier alpha value is -1.41. The highest BCUT2D eigenvalue weighted by Gasteiger charge is 2.30. The molecule has 1 heterocycles. The van der Waals surface area contributed by atoms with Crippen LogP contribution in [0.1, 0.15) is 11.1 Å². The van der Waals surface area contributed by atoms with E-state index in [4.69, 9.17) is 0 Å². The van der Waals surface area contributed by atoms with Gasteiger partial charge in [-0.1, -0.05) is 12.1 Å². The minimum atomic E-state index is -4.40. The molecule has 0 radical (unpaired) electrons. The van der Waals surface area contributed by atoms with Crippen LogP contribution >= 0.6 is 0 Å². The lowest BCUT2D eigenvalue weighted by Gasteiger charge is -2.06. The molecule has 2 rings (SSSR count). The number of rotatable bonds is 1. The molecule has 1 N–H and O–H groups in total. The van der Waals surface area contributed by atoms with Crippen LogP contribution in [0.4, 0.5) is 13.2 Å². The molecule has 0 atom stereocenters. The molecule has 17 heavy (non-hydrogen) atoms. The van der Waals surface area contributed by atoms with Crippen molar-refractivity contribution in [2.45, 2.75) is 6.18 Å². The lowest BCUT2D eigenvalue weighted by molar-refractivity contribution is -0.137. The third-order valence-corrected chi connectivity index (χ3v) is 3.17. The van der Waals surface area contributed by atoms with E-state index in [-0.39, 0.29) is 12.3 Å². The van der Waals surface area contributed by atoms with Crippen LogP contribution in [-0.4, -0.2) is 20.7 Å². The van der Waals surface area contributed by atoms with Crippen LogP contribution in [-0.2, 0) is 16.4 Å². The van der Waals surface area contributed by atoms with Gasteiger partial charge >= 0.3 is 16.4 Å². The summed E-state index contributed by atoms with van der Waals surface area (Å²) in [6, 6.07) is 4.18. The highest BCUT2D eigenvalue weighted by Crippen LogP contribution is 2.29. The summed E-state index contributed by atoms with van der Waals surface area (Å²) >= 11 is 0. The zero-order valence-electron chi connectivity index (χ0n) is 8.32. The fraction of sp³-hybridized carbons (Fsp3) is 0.222. The quantitative estimate of drug-likeness (QED) is 0.832. The maximum Gasteiger partial charge on any atom is 0.416 e. The van der Waals surface area contributed by atoms with Crippen molar-refractivity contribution in [3.05, 3.63) is 35.4 Å². The fourth-order valence-electron chi connectivity index (χ4n) is 1.38. The van der Waals surface area contributed by atoms with Crippen LogP contribution < -0.4 is 4.72 Å². The van der Waals surface area contributed by atoms with Gasteiger partial charge in [0.05, 0.1) is 17.8 Å². The van der Waals surface area contributed by atoms with Crippen molar-refractivity contribution in [2.75, 3.05) is 6.54 Å². The first kappa shape index (κ1) is 12.1. The summed E-state index contributed by atoms with van der Waals surface area (Å²) < 4.78 is 64.3. The predicted molar refractivity (Wildman–Crippen MR) is 54.9 cm³/mol. The fourth-order valence-corrected chi connectivity index (χ4v) is 2.22. The smallest absolute Gasteiger partial charge is 0.190 e. The molecule has 0 aromatic heterocycles. The van der Waals surface area contributed by atoms with Crippen LogP contribution in [0.15, 0.2) is 28.7 Å². The summed E-state index contributed by atoms with van der Waals surface area (Å²) in [5.74, 6) is 0. The van der Waals surface area contributed by atoms with Crippen molar-refractivity contribution in [3.63, 3.8) is 0 Å². The van der Waals surface area contributed by atoms with E-state index in [1.54, 1.807) is 0 Å². The third kappa shape index (κ3) is 2.64. The Morgan fingerprint density at radius 1 is 1.18 bits per heavy atom. The Kier molecular flexibility index (Phi) is 2.70. The molecule has 0 amide bonds. The van der Waals surface area contributed by atoms with Crippen LogP contribution in [0.3, 0.4) is 0 Å². The van der Waals surface area contributed by atoms with Crippen molar-refractivity contribution in [2.24, 2.45) is 4.40 Å². The van der Waals surface area contributed by atoms with E-state index in [0.29, 0.717) is 5.56 Å². The number of alkyl halides is 3. The molecule has 1 aliphatic rings. The minimum absolute atomic E-state index is 0.00625. The molecule has 0 saturated carbocycles. The first-order valence-electron chi connectivity index (χ1n) is 4.54. The first-order chi connectivity index (χ1) is 7.78. The number of nitrogens with zero attached hydrogens (tertiary/aromatic N) is 1. The van der Waals surface area contributed by atoms with Gasteiger partial charge in [-0.3, -0.25) is 0 Å². The highest BCUT2D eigenvalue weighted by atomic mass is 32.2. The normalized spacial score (nSPS) is 19.1. The molecular formula is C9H7F3N2O2S. The van der Waals surface area contributed by atoms with E-state index in [0.717, 1.165) is 12.1 Å². The molecule has 4 nitrogen and oxygen atoms in total. The molecule has 1 aliphatic heterocycles.